The minimum atomic E-state index is -0.389. The molecule has 4 heteroatoms. The molecule has 0 bridgehead atoms. The molecule has 0 aromatic carbocycles. The van der Waals surface area contributed by atoms with Crippen molar-refractivity contribution in [3.8, 4) is 6.07 Å². The lowest BCUT2D eigenvalue weighted by Crippen LogP contribution is -2.41. The number of aliphatic hydroxyl groups is 1. The number of nitrogens with one attached hydrogen (secondary N) is 1. The van der Waals surface area contributed by atoms with Gasteiger partial charge in [0.25, 0.3) is 0 Å². The molecule has 16 heavy (non-hydrogen) atoms. The Morgan fingerprint density at radius 3 is 2.69 bits per heavy atom. The van der Waals surface area contributed by atoms with Crippen molar-refractivity contribution in [3.05, 3.63) is 23.9 Å². The highest BCUT2D eigenvalue weighted by atomic mass is 16.3. The van der Waals surface area contributed by atoms with Crippen LogP contribution in [0.2, 0.25) is 0 Å². The summed E-state index contributed by atoms with van der Waals surface area (Å²) in [5, 5.41) is 21.5. The summed E-state index contributed by atoms with van der Waals surface area (Å²) < 4.78 is 0. The van der Waals surface area contributed by atoms with Crippen LogP contribution < -0.4 is 5.32 Å². The zero-order chi connectivity index (χ0) is 12.0. The molecule has 0 aliphatic heterocycles. The van der Waals surface area contributed by atoms with Gasteiger partial charge in [-0.1, -0.05) is 13.8 Å². The molecule has 0 amide bonds. The first kappa shape index (κ1) is 12.5. The molecule has 1 aromatic heterocycles. The van der Waals surface area contributed by atoms with E-state index in [9.17, 15) is 5.11 Å². The molecular formula is C12H17N3O. The summed E-state index contributed by atoms with van der Waals surface area (Å²) in [5.41, 5.74) is 0.113. The fourth-order valence-corrected chi connectivity index (χ4v) is 1.54. The van der Waals surface area contributed by atoms with E-state index in [4.69, 9.17) is 5.26 Å². The van der Waals surface area contributed by atoms with Gasteiger partial charge in [0.05, 0.1) is 17.7 Å². The Hall–Kier alpha value is -1.60. The molecular weight excluding hydrogens is 202 g/mol. The number of hydrogen-bond donors (Lipinski definition) is 2. The van der Waals surface area contributed by atoms with Gasteiger partial charge in [-0.3, -0.25) is 0 Å². The van der Waals surface area contributed by atoms with Gasteiger partial charge in [-0.25, -0.2) is 4.98 Å². The van der Waals surface area contributed by atoms with Crippen LogP contribution in [-0.4, -0.2) is 22.2 Å². The Kier molecular flexibility index (Phi) is 4.27. The molecule has 0 unspecified atom stereocenters. The molecule has 86 valence electrons. The van der Waals surface area contributed by atoms with E-state index in [1.54, 1.807) is 18.3 Å². The molecule has 0 saturated carbocycles. The Morgan fingerprint density at radius 1 is 1.50 bits per heavy atom. The first-order chi connectivity index (χ1) is 7.71. The monoisotopic (exact) mass is 219 g/mol. The maximum atomic E-state index is 9.43. The van der Waals surface area contributed by atoms with Crippen LogP contribution in [0.1, 0.15) is 32.3 Å². The third-order valence-corrected chi connectivity index (χ3v) is 2.97. The van der Waals surface area contributed by atoms with Crippen molar-refractivity contribution in [2.75, 3.05) is 11.9 Å². The zero-order valence-electron chi connectivity index (χ0n) is 9.70. The number of aliphatic hydroxyl groups excluding tert-OH is 1. The lowest BCUT2D eigenvalue weighted by atomic mass is 9.93. The van der Waals surface area contributed by atoms with Crippen LogP contribution in [0.4, 0.5) is 5.82 Å². The normalized spacial score (nSPS) is 10.9. The van der Waals surface area contributed by atoms with Crippen molar-refractivity contribution >= 4 is 5.82 Å². The van der Waals surface area contributed by atoms with Gasteiger partial charge in [-0.15, -0.1) is 0 Å². The molecule has 0 saturated heterocycles. The number of nitriles is 1. The Balaban J connectivity index is 2.99. The lowest BCUT2D eigenvalue weighted by Gasteiger charge is -2.31. The summed E-state index contributed by atoms with van der Waals surface area (Å²) in [5.74, 6) is 0.544. The largest absolute Gasteiger partial charge is 0.394 e. The van der Waals surface area contributed by atoms with Crippen molar-refractivity contribution in [2.45, 2.75) is 32.2 Å². The number of aromatic nitrogens is 1. The van der Waals surface area contributed by atoms with E-state index < -0.39 is 0 Å². The molecule has 1 aromatic rings. The Bertz CT molecular complexity index is 372. The standard InChI is InChI=1S/C12H17N3O/c1-3-12(4-2,9-16)15-11-10(8-13)6-5-7-14-11/h5-7,16H,3-4,9H2,1-2H3,(H,14,15). The van der Waals surface area contributed by atoms with Gasteiger partial charge in [0.15, 0.2) is 0 Å². The summed E-state index contributed by atoms with van der Waals surface area (Å²) in [6, 6.07) is 5.52. The number of nitrogens with zero attached hydrogens (tertiary/aromatic N) is 2. The van der Waals surface area contributed by atoms with Gasteiger partial charge in [-0.2, -0.15) is 5.26 Å². The highest BCUT2D eigenvalue weighted by molar-refractivity contribution is 5.52. The van der Waals surface area contributed by atoms with Crippen LogP contribution in [0.15, 0.2) is 18.3 Å². The van der Waals surface area contributed by atoms with E-state index in [-0.39, 0.29) is 12.1 Å². The SMILES string of the molecule is CCC(CC)(CO)Nc1ncccc1C#N. The molecule has 4 nitrogen and oxygen atoms in total. The molecule has 1 heterocycles. The number of rotatable bonds is 5. The first-order valence-corrected chi connectivity index (χ1v) is 5.45. The highest BCUT2D eigenvalue weighted by Gasteiger charge is 2.26. The van der Waals surface area contributed by atoms with Crippen LogP contribution in [0.25, 0.3) is 0 Å². The van der Waals surface area contributed by atoms with E-state index in [1.807, 2.05) is 13.8 Å². The first-order valence-electron chi connectivity index (χ1n) is 5.45. The van der Waals surface area contributed by atoms with Gasteiger partial charge in [0.1, 0.15) is 11.9 Å². The third-order valence-electron chi connectivity index (χ3n) is 2.97. The van der Waals surface area contributed by atoms with E-state index >= 15 is 0 Å². The zero-order valence-corrected chi connectivity index (χ0v) is 9.70. The second-order valence-corrected chi connectivity index (χ2v) is 3.78. The summed E-state index contributed by atoms with van der Waals surface area (Å²) in [6.45, 7) is 4.03. The summed E-state index contributed by atoms with van der Waals surface area (Å²) in [7, 11) is 0. The van der Waals surface area contributed by atoms with Crippen molar-refractivity contribution in [1.82, 2.24) is 4.98 Å². The average molecular weight is 219 g/mol. The number of pyridine rings is 1. The summed E-state index contributed by atoms with van der Waals surface area (Å²) in [4.78, 5) is 4.13. The molecule has 0 atom stereocenters. The van der Waals surface area contributed by atoms with Crippen molar-refractivity contribution in [1.29, 1.82) is 5.26 Å². The fourth-order valence-electron chi connectivity index (χ4n) is 1.54. The van der Waals surface area contributed by atoms with Gasteiger partial charge < -0.3 is 10.4 Å². The van der Waals surface area contributed by atoms with E-state index in [0.29, 0.717) is 11.4 Å². The van der Waals surface area contributed by atoms with Crippen molar-refractivity contribution in [2.24, 2.45) is 0 Å². The van der Waals surface area contributed by atoms with E-state index in [1.165, 1.54) is 0 Å². The Labute approximate surface area is 95.9 Å². The predicted octanol–water partition coefficient (Wildman–Crippen LogP) is 1.92. The third kappa shape index (κ3) is 2.50. The van der Waals surface area contributed by atoms with Crippen molar-refractivity contribution in [3.63, 3.8) is 0 Å². The minimum absolute atomic E-state index is 0.0292. The molecule has 1 rings (SSSR count). The predicted molar refractivity (Wildman–Crippen MR) is 63.0 cm³/mol. The van der Waals surface area contributed by atoms with Crippen LogP contribution in [0.5, 0.6) is 0 Å². The quantitative estimate of drug-likeness (QED) is 0.793. The maximum Gasteiger partial charge on any atom is 0.144 e. The number of hydrogen-bond acceptors (Lipinski definition) is 4. The van der Waals surface area contributed by atoms with Crippen LogP contribution >= 0.6 is 0 Å². The van der Waals surface area contributed by atoms with Gasteiger partial charge in [0, 0.05) is 6.20 Å². The van der Waals surface area contributed by atoms with Gasteiger partial charge in [0.2, 0.25) is 0 Å². The van der Waals surface area contributed by atoms with E-state index in [2.05, 4.69) is 16.4 Å². The van der Waals surface area contributed by atoms with Crippen LogP contribution in [0, 0.1) is 11.3 Å². The molecule has 0 radical (unpaired) electrons. The molecule has 0 aliphatic carbocycles. The van der Waals surface area contributed by atoms with Crippen molar-refractivity contribution < 1.29 is 5.11 Å². The van der Waals surface area contributed by atoms with E-state index in [0.717, 1.165) is 12.8 Å². The van der Waals surface area contributed by atoms with Gasteiger partial charge >= 0.3 is 0 Å². The Morgan fingerprint density at radius 2 is 2.19 bits per heavy atom. The molecule has 0 fully saturated rings. The highest BCUT2D eigenvalue weighted by Crippen LogP contribution is 2.22. The second-order valence-electron chi connectivity index (χ2n) is 3.78. The fraction of sp³-hybridized carbons (Fsp3) is 0.500. The lowest BCUT2D eigenvalue weighted by molar-refractivity contribution is 0.202. The van der Waals surface area contributed by atoms with Gasteiger partial charge in [-0.05, 0) is 25.0 Å². The maximum absolute atomic E-state index is 9.43. The second kappa shape index (κ2) is 5.47. The summed E-state index contributed by atoms with van der Waals surface area (Å²) in [6.07, 6.45) is 3.19. The molecule has 0 aliphatic rings. The number of anilines is 1. The smallest absolute Gasteiger partial charge is 0.144 e. The topological polar surface area (TPSA) is 68.9 Å². The average Bonchev–Trinajstić information content (AvgIpc) is 2.36. The van der Waals surface area contributed by atoms with Crippen LogP contribution in [-0.2, 0) is 0 Å². The molecule has 2 N–H and O–H groups in total. The minimum Gasteiger partial charge on any atom is -0.394 e. The van der Waals surface area contributed by atoms with Crippen LogP contribution in [0.3, 0.4) is 0 Å². The molecule has 0 spiro atoms. The summed E-state index contributed by atoms with van der Waals surface area (Å²) >= 11 is 0.